The number of hydrogen-bond donors (Lipinski definition) is 3. The Morgan fingerprint density at radius 1 is 1.42 bits per heavy atom. The third-order valence-corrected chi connectivity index (χ3v) is 4.11. The molecule has 0 spiro atoms. The SMILES string of the molecule is CCCN1CCC(NCCC(C)(C)C(N)=NO)CC1. The first-order valence-electron chi connectivity index (χ1n) is 7.43. The van der Waals surface area contributed by atoms with Crippen LogP contribution in [0.3, 0.4) is 0 Å². The first-order chi connectivity index (χ1) is 8.99. The highest BCUT2D eigenvalue weighted by molar-refractivity contribution is 5.85. The van der Waals surface area contributed by atoms with Crippen LogP contribution in [0.4, 0.5) is 0 Å². The van der Waals surface area contributed by atoms with Crippen molar-refractivity contribution in [3.05, 3.63) is 0 Å². The maximum atomic E-state index is 8.74. The number of nitrogens with one attached hydrogen (secondary N) is 1. The minimum Gasteiger partial charge on any atom is -0.409 e. The second-order valence-corrected chi connectivity index (χ2v) is 6.19. The summed E-state index contributed by atoms with van der Waals surface area (Å²) in [5.74, 6) is 0.312. The lowest BCUT2D eigenvalue weighted by molar-refractivity contribution is 0.196. The van der Waals surface area contributed by atoms with Crippen molar-refractivity contribution in [3.8, 4) is 0 Å². The van der Waals surface area contributed by atoms with Crippen LogP contribution < -0.4 is 11.1 Å². The number of oxime groups is 1. The van der Waals surface area contributed by atoms with E-state index in [1.807, 2.05) is 13.8 Å². The fourth-order valence-corrected chi connectivity index (χ4v) is 2.53. The van der Waals surface area contributed by atoms with E-state index in [4.69, 9.17) is 10.9 Å². The smallest absolute Gasteiger partial charge is 0.144 e. The molecule has 5 heteroatoms. The first-order valence-corrected chi connectivity index (χ1v) is 7.43. The number of nitrogens with two attached hydrogens (primary N) is 1. The van der Waals surface area contributed by atoms with Crippen LogP contribution in [0.2, 0.25) is 0 Å². The van der Waals surface area contributed by atoms with Crippen LogP contribution in [0.15, 0.2) is 5.16 Å². The molecule has 1 aliphatic rings. The van der Waals surface area contributed by atoms with Crippen LogP contribution >= 0.6 is 0 Å². The van der Waals surface area contributed by atoms with Gasteiger partial charge in [0.2, 0.25) is 0 Å². The molecular weight excluding hydrogens is 240 g/mol. The summed E-state index contributed by atoms with van der Waals surface area (Å²) in [6.07, 6.45) is 4.58. The molecule has 0 aromatic heterocycles. The van der Waals surface area contributed by atoms with Gasteiger partial charge in [-0.1, -0.05) is 25.9 Å². The van der Waals surface area contributed by atoms with E-state index in [1.165, 1.54) is 38.9 Å². The Balaban J connectivity index is 2.21. The minimum atomic E-state index is -0.245. The van der Waals surface area contributed by atoms with Gasteiger partial charge in [0, 0.05) is 11.5 Å². The van der Waals surface area contributed by atoms with E-state index in [2.05, 4.69) is 22.3 Å². The highest BCUT2D eigenvalue weighted by Crippen LogP contribution is 2.20. The van der Waals surface area contributed by atoms with E-state index in [0.717, 1.165) is 13.0 Å². The maximum Gasteiger partial charge on any atom is 0.144 e. The first kappa shape index (κ1) is 16.2. The van der Waals surface area contributed by atoms with E-state index < -0.39 is 0 Å². The standard InChI is InChI=1S/C14H30N4O/c1-4-9-18-10-5-12(6-11-18)16-8-7-14(2,3)13(15)17-19/h12,16,19H,4-11H2,1-3H3,(H2,15,17). The zero-order valence-electron chi connectivity index (χ0n) is 12.7. The molecule has 1 saturated heterocycles. The van der Waals surface area contributed by atoms with Gasteiger partial charge in [-0.2, -0.15) is 0 Å². The molecule has 0 aromatic rings. The van der Waals surface area contributed by atoms with Crippen LogP contribution in [-0.2, 0) is 0 Å². The Labute approximate surface area is 117 Å². The number of rotatable bonds is 7. The van der Waals surface area contributed by atoms with Crippen molar-refractivity contribution in [1.82, 2.24) is 10.2 Å². The molecule has 1 heterocycles. The second-order valence-electron chi connectivity index (χ2n) is 6.19. The van der Waals surface area contributed by atoms with Gasteiger partial charge in [-0.15, -0.1) is 0 Å². The molecule has 1 fully saturated rings. The van der Waals surface area contributed by atoms with E-state index in [-0.39, 0.29) is 5.41 Å². The molecule has 1 rings (SSSR count). The lowest BCUT2D eigenvalue weighted by Gasteiger charge is -2.33. The van der Waals surface area contributed by atoms with Crippen molar-refractivity contribution in [2.75, 3.05) is 26.2 Å². The van der Waals surface area contributed by atoms with Crippen molar-refractivity contribution in [2.45, 2.75) is 52.5 Å². The number of amidine groups is 1. The summed E-state index contributed by atoms with van der Waals surface area (Å²) < 4.78 is 0. The summed E-state index contributed by atoms with van der Waals surface area (Å²) in [6.45, 7) is 10.8. The van der Waals surface area contributed by atoms with Gasteiger partial charge in [0.05, 0.1) is 0 Å². The molecule has 19 heavy (non-hydrogen) atoms. The predicted molar refractivity (Wildman–Crippen MR) is 79.6 cm³/mol. The van der Waals surface area contributed by atoms with Gasteiger partial charge in [-0.3, -0.25) is 0 Å². The summed E-state index contributed by atoms with van der Waals surface area (Å²) in [5.41, 5.74) is 5.44. The van der Waals surface area contributed by atoms with Crippen molar-refractivity contribution >= 4 is 5.84 Å². The highest BCUT2D eigenvalue weighted by atomic mass is 16.4. The maximum absolute atomic E-state index is 8.74. The van der Waals surface area contributed by atoms with Crippen molar-refractivity contribution < 1.29 is 5.21 Å². The Morgan fingerprint density at radius 2 is 2.05 bits per heavy atom. The zero-order chi connectivity index (χ0) is 14.3. The molecule has 0 radical (unpaired) electrons. The Kier molecular flexibility index (Phi) is 6.58. The Bertz CT molecular complexity index is 283. The zero-order valence-corrected chi connectivity index (χ0v) is 12.7. The normalized spacial score (nSPS) is 19.8. The average molecular weight is 270 g/mol. The quantitative estimate of drug-likeness (QED) is 0.284. The minimum absolute atomic E-state index is 0.245. The number of hydrogen-bond acceptors (Lipinski definition) is 4. The fourth-order valence-electron chi connectivity index (χ4n) is 2.53. The van der Waals surface area contributed by atoms with Crippen LogP contribution in [0.5, 0.6) is 0 Å². The van der Waals surface area contributed by atoms with Gasteiger partial charge in [0.25, 0.3) is 0 Å². The fraction of sp³-hybridized carbons (Fsp3) is 0.929. The molecule has 5 nitrogen and oxygen atoms in total. The molecule has 4 N–H and O–H groups in total. The summed E-state index contributed by atoms with van der Waals surface area (Å²) in [5, 5.41) is 15.5. The van der Waals surface area contributed by atoms with Crippen molar-refractivity contribution in [1.29, 1.82) is 0 Å². The number of nitrogens with zero attached hydrogens (tertiary/aromatic N) is 2. The van der Waals surface area contributed by atoms with Crippen LogP contribution in [-0.4, -0.2) is 48.2 Å². The molecule has 0 atom stereocenters. The van der Waals surface area contributed by atoms with Gasteiger partial charge in [0.1, 0.15) is 5.84 Å². The Morgan fingerprint density at radius 3 is 2.58 bits per heavy atom. The molecular formula is C14H30N4O. The largest absolute Gasteiger partial charge is 0.409 e. The molecule has 0 unspecified atom stereocenters. The summed E-state index contributed by atoms with van der Waals surface area (Å²) in [7, 11) is 0. The molecule has 0 bridgehead atoms. The average Bonchev–Trinajstić information content (AvgIpc) is 2.40. The van der Waals surface area contributed by atoms with Crippen molar-refractivity contribution in [2.24, 2.45) is 16.3 Å². The third-order valence-electron chi connectivity index (χ3n) is 4.11. The highest BCUT2D eigenvalue weighted by Gasteiger charge is 2.24. The van der Waals surface area contributed by atoms with Gasteiger partial charge in [-0.05, 0) is 51.9 Å². The lowest BCUT2D eigenvalue weighted by atomic mass is 9.88. The van der Waals surface area contributed by atoms with Gasteiger partial charge in [-0.25, -0.2) is 0 Å². The second kappa shape index (κ2) is 7.70. The molecule has 0 aromatic carbocycles. The molecule has 0 aliphatic carbocycles. The molecule has 112 valence electrons. The number of likely N-dealkylation sites (tertiary alicyclic amines) is 1. The van der Waals surface area contributed by atoms with Crippen LogP contribution in [0.1, 0.15) is 46.5 Å². The molecule has 1 aliphatic heterocycles. The Hall–Kier alpha value is -0.810. The molecule has 0 saturated carbocycles. The van der Waals surface area contributed by atoms with Crippen molar-refractivity contribution in [3.63, 3.8) is 0 Å². The van der Waals surface area contributed by atoms with E-state index in [0.29, 0.717) is 11.9 Å². The summed E-state index contributed by atoms with van der Waals surface area (Å²) >= 11 is 0. The number of piperidine rings is 1. The predicted octanol–water partition coefficient (Wildman–Crippen LogP) is 1.61. The van der Waals surface area contributed by atoms with E-state index in [9.17, 15) is 0 Å². The third kappa shape index (κ3) is 5.37. The molecule has 0 amide bonds. The van der Waals surface area contributed by atoms with Gasteiger partial charge < -0.3 is 21.2 Å². The van der Waals surface area contributed by atoms with Gasteiger partial charge >= 0.3 is 0 Å². The van der Waals surface area contributed by atoms with E-state index in [1.54, 1.807) is 0 Å². The topological polar surface area (TPSA) is 73.9 Å². The summed E-state index contributed by atoms with van der Waals surface area (Å²) in [4.78, 5) is 2.54. The monoisotopic (exact) mass is 270 g/mol. The van der Waals surface area contributed by atoms with E-state index >= 15 is 0 Å². The summed E-state index contributed by atoms with van der Waals surface area (Å²) in [6, 6.07) is 0.621. The lowest BCUT2D eigenvalue weighted by Crippen LogP contribution is -2.44. The van der Waals surface area contributed by atoms with Gasteiger partial charge in [0.15, 0.2) is 0 Å². The van der Waals surface area contributed by atoms with Crippen LogP contribution in [0.25, 0.3) is 0 Å². The van der Waals surface area contributed by atoms with Crippen LogP contribution in [0, 0.1) is 5.41 Å².